The van der Waals surface area contributed by atoms with Gasteiger partial charge in [-0.1, -0.05) is 0 Å². The van der Waals surface area contributed by atoms with Crippen molar-refractivity contribution in [3.8, 4) is 5.69 Å². The quantitative estimate of drug-likeness (QED) is 0.677. The predicted molar refractivity (Wildman–Crippen MR) is 74.2 cm³/mol. The lowest BCUT2D eigenvalue weighted by atomic mass is 10.2. The Bertz CT molecular complexity index is 708. The van der Waals surface area contributed by atoms with Gasteiger partial charge in [0.05, 0.1) is 18.5 Å². The minimum absolute atomic E-state index is 0.0482. The Hall–Kier alpha value is -2.84. The van der Waals surface area contributed by atoms with Crippen LogP contribution in [0.3, 0.4) is 0 Å². The number of carbonyl (C=O) groups excluding carboxylic acids is 2. The molecule has 0 bridgehead atoms. The van der Waals surface area contributed by atoms with Gasteiger partial charge < -0.3 is 10.1 Å². The molecular formula is C14H12F3N3O3. The van der Waals surface area contributed by atoms with Crippen LogP contribution in [0.4, 0.5) is 18.9 Å². The summed E-state index contributed by atoms with van der Waals surface area (Å²) in [6.07, 6.45) is -3.53. The average Bonchev–Trinajstić information content (AvgIpc) is 2.94. The van der Waals surface area contributed by atoms with Crippen molar-refractivity contribution in [1.82, 2.24) is 9.78 Å². The van der Waals surface area contributed by atoms with Gasteiger partial charge in [-0.25, -0.2) is 9.48 Å². The van der Waals surface area contributed by atoms with E-state index >= 15 is 0 Å². The van der Waals surface area contributed by atoms with Gasteiger partial charge in [-0.05, 0) is 31.2 Å². The van der Waals surface area contributed by atoms with E-state index < -0.39 is 23.4 Å². The minimum Gasteiger partial charge on any atom is -0.462 e. The summed E-state index contributed by atoms with van der Waals surface area (Å²) >= 11 is 0. The number of alkyl halides is 3. The van der Waals surface area contributed by atoms with E-state index in [2.05, 4.69) is 15.2 Å². The number of ether oxygens (including phenoxy) is 1. The van der Waals surface area contributed by atoms with Crippen LogP contribution < -0.4 is 5.32 Å². The summed E-state index contributed by atoms with van der Waals surface area (Å²) in [7, 11) is 0. The number of nitrogens with one attached hydrogen (secondary N) is 1. The zero-order chi connectivity index (χ0) is 17.0. The first kappa shape index (κ1) is 16.5. The maximum Gasteiger partial charge on any atom is 0.434 e. The summed E-state index contributed by atoms with van der Waals surface area (Å²) in [5.74, 6) is -1.09. The lowest BCUT2D eigenvalue weighted by Gasteiger charge is -2.12. The summed E-state index contributed by atoms with van der Waals surface area (Å²) in [6.45, 7) is 1.45. The van der Waals surface area contributed by atoms with Crippen molar-refractivity contribution >= 4 is 18.1 Å². The predicted octanol–water partition coefficient (Wildman–Crippen LogP) is 2.64. The number of aromatic nitrogens is 2. The highest BCUT2D eigenvalue weighted by molar-refractivity contribution is 5.90. The first-order chi connectivity index (χ1) is 10.9. The second-order valence-electron chi connectivity index (χ2n) is 4.35. The summed E-state index contributed by atoms with van der Waals surface area (Å²) in [5, 5.41) is 6.00. The molecule has 0 aliphatic rings. The van der Waals surface area contributed by atoms with Crippen LogP contribution in [0.1, 0.15) is 23.0 Å². The fourth-order valence-corrected chi connectivity index (χ4v) is 1.94. The largest absolute Gasteiger partial charge is 0.462 e. The molecule has 6 nitrogen and oxygen atoms in total. The van der Waals surface area contributed by atoms with Crippen LogP contribution in [0.5, 0.6) is 0 Å². The Labute approximate surface area is 128 Å². The standard InChI is InChI=1S/C14H12F3N3O3/c1-2-23-13(22)11-7-19-20(12(11)14(15,16)17)10-5-3-9(4-6-10)18-8-21/h3-8H,2H2,1H3,(H,18,21). The molecule has 0 saturated heterocycles. The molecule has 2 aromatic rings. The van der Waals surface area contributed by atoms with Crippen LogP contribution in [0, 0.1) is 0 Å². The Morgan fingerprint density at radius 1 is 1.35 bits per heavy atom. The van der Waals surface area contributed by atoms with Gasteiger partial charge in [-0.2, -0.15) is 18.3 Å². The van der Waals surface area contributed by atoms with E-state index in [4.69, 9.17) is 0 Å². The van der Waals surface area contributed by atoms with E-state index in [0.29, 0.717) is 16.8 Å². The summed E-state index contributed by atoms with van der Waals surface area (Å²) in [4.78, 5) is 22.0. The summed E-state index contributed by atoms with van der Waals surface area (Å²) in [6, 6.07) is 5.50. The van der Waals surface area contributed by atoms with E-state index in [1.54, 1.807) is 0 Å². The van der Waals surface area contributed by atoms with E-state index in [9.17, 15) is 22.8 Å². The smallest absolute Gasteiger partial charge is 0.434 e. The van der Waals surface area contributed by atoms with Crippen LogP contribution >= 0.6 is 0 Å². The molecule has 1 amide bonds. The third-order valence-corrected chi connectivity index (χ3v) is 2.87. The zero-order valence-electron chi connectivity index (χ0n) is 11.9. The fourth-order valence-electron chi connectivity index (χ4n) is 1.94. The zero-order valence-corrected chi connectivity index (χ0v) is 11.9. The number of rotatable bonds is 5. The Morgan fingerprint density at radius 2 is 2.00 bits per heavy atom. The number of halogens is 3. The highest BCUT2D eigenvalue weighted by Crippen LogP contribution is 2.34. The van der Waals surface area contributed by atoms with Gasteiger partial charge in [0.25, 0.3) is 0 Å². The molecule has 0 fully saturated rings. The molecule has 0 aliphatic carbocycles. The monoisotopic (exact) mass is 327 g/mol. The van der Waals surface area contributed by atoms with Gasteiger partial charge in [-0.15, -0.1) is 0 Å². The number of carbonyl (C=O) groups is 2. The highest BCUT2D eigenvalue weighted by Gasteiger charge is 2.41. The molecule has 2 rings (SSSR count). The molecule has 0 saturated carbocycles. The van der Waals surface area contributed by atoms with E-state index in [1.807, 2.05) is 0 Å². The van der Waals surface area contributed by atoms with Crippen LogP contribution in [0.15, 0.2) is 30.5 Å². The van der Waals surface area contributed by atoms with Crippen molar-refractivity contribution in [3.63, 3.8) is 0 Å². The van der Waals surface area contributed by atoms with Gasteiger partial charge >= 0.3 is 12.1 Å². The number of benzene rings is 1. The molecule has 0 unspecified atom stereocenters. The molecule has 122 valence electrons. The number of hydrogen-bond donors (Lipinski definition) is 1. The third kappa shape index (κ3) is 3.50. The Kier molecular flexibility index (Phi) is 4.68. The molecule has 1 N–H and O–H groups in total. The van der Waals surface area contributed by atoms with E-state index in [0.717, 1.165) is 6.20 Å². The first-order valence-corrected chi connectivity index (χ1v) is 6.51. The van der Waals surface area contributed by atoms with Crippen molar-refractivity contribution in [2.75, 3.05) is 11.9 Å². The van der Waals surface area contributed by atoms with Crippen LogP contribution in [0.25, 0.3) is 5.69 Å². The molecule has 0 aliphatic heterocycles. The molecule has 0 spiro atoms. The van der Waals surface area contributed by atoms with Crippen LogP contribution in [0.2, 0.25) is 0 Å². The third-order valence-electron chi connectivity index (χ3n) is 2.87. The number of esters is 1. The van der Waals surface area contributed by atoms with E-state index in [1.165, 1.54) is 31.2 Å². The lowest BCUT2D eigenvalue weighted by molar-refractivity contribution is -0.143. The molecule has 23 heavy (non-hydrogen) atoms. The highest BCUT2D eigenvalue weighted by atomic mass is 19.4. The van der Waals surface area contributed by atoms with Gasteiger partial charge in [-0.3, -0.25) is 4.79 Å². The maximum absolute atomic E-state index is 13.3. The molecule has 1 heterocycles. The molecular weight excluding hydrogens is 315 g/mol. The number of amides is 1. The number of nitrogens with zero attached hydrogens (tertiary/aromatic N) is 2. The summed E-state index contributed by atoms with van der Waals surface area (Å²) in [5.41, 5.74) is -1.37. The topological polar surface area (TPSA) is 73.2 Å². The molecule has 1 aromatic carbocycles. The molecule has 0 radical (unpaired) electrons. The second kappa shape index (κ2) is 6.51. The molecule has 0 atom stereocenters. The van der Waals surface area contributed by atoms with Crippen LogP contribution in [-0.2, 0) is 15.7 Å². The maximum atomic E-state index is 13.3. The SMILES string of the molecule is CCOC(=O)c1cnn(-c2ccc(NC=O)cc2)c1C(F)(F)F. The van der Waals surface area contributed by atoms with Crippen molar-refractivity contribution in [1.29, 1.82) is 0 Å². The first-order valence-electron chi connectivity index (χ1n) is 6.51. The second-order valence-corrected chi connectivity index (χ2v) is 4.35. The lowest BCUT2D eigenvalue weighted by Crippen LogP contribution is -2.18. The summed E-state index contributed by atoms with van der Waals surface area (Å²) < 4.78 is 45.1. The van der Waals surface area contributed by atoms with Crippen molar-refractivity contribution < 1.29 is 27.5 Å². The van der Waals surface area contributed by atoms with Crippen molar-refractivity contribution in [3.05, 3.63) is 41.7 Å². The van der Waals surface area contributed by atoms with Gasteiger partial charge in [0, 0.05) is 5.69 Å². The molecule has 9 heteroatoms. The number of hydrogen-bond acceptors (Lipinski definition) is 4. The normalized spacial score (nSPS) is 11.1. The number of anilines is 1. The Morgan fingerprint density at radius 3 is 2.52 bits per heavy atom. The fraction of sp³-hybridized carbons (Fsp3) is 0.214. The van der Waals surface area contributed by atoms with Crippen molar-refractivity contribution in [2.45, 2.75) is 13.1 Å². The van der Waals surface area contributed by atoms with Gasteiger partial charge in [0.2, 0.25) is 6.41 Å². The minimum atomic E-state index is -4.79. The van der Waals surface area contributed by atoms with E-state index in [-0.39, 0.29) is 12.3 Å². The van der Waals surface area contributed by atoms with Gasteiger partial charge in [0.15, 0.2) is 5.69 Å². The Balaban J connectivity index is 2.50. The van der Waals surface area contributed by atoms with Crippen molar-refractivity contribution in [2.24, 2.45) is 0 Å². The van der Waals surface area contributed by atoms with Gasteiger partial charge in [0.1, 0.15) is 5.56 Å². The average molecular weight is 327 g/mol. The molecule has 1 aromatic heterocycles. The van der Waals surface area contributed by atoms with Crippen LogP contribution in [-0.4, -0.2) is 28.8 Å².